The van der Waals surface area contributed by atoms with Gasteiger partial charge in [-0.2, -0.15) is 5.26 Å². The number of nitrogens with one attached hydrogen (secondary N) is 1. The standard InChI is InChI=1S/C21H19FN4O3/c1-13(27)24-10-16-11-26(20(28)29-16)15-3-4-17(18(22)8-15)14-2-5-19(25-9-14)21(12-23)6-7-21/h2-5,8-9,16H,6-7,10-11H2,1H3,(H,24,27). The summed E-state index contributed by atoms with van der Waals surface area (Å²) in [7, 11) is 0. The molecule has 1 aliphatic carbocycles. The lowest BCUT2D eigenvalue weighted by Crippen LogP contribution is -2.33. The average Bonchev–Trinajstić information content (AvgIpc) is 3.43. The monoisotopic (exact) mass is 394 g/mol. The van der Waals surface area contributed by atoms with E-state index in [2.05, 4.69) is 16.4 Å². The molecule has 0 bridgehead atoms. The second-order valence-corrected chi connectivity index (χ2v) is 7.34. The Bertz CT molecular complexity index is 1010. The number of pyridine rings is 1. The van der Waals surface area contributed by atoms with Crippen LogP contribution in [0, 0.1) is 17.1 Å². The van der Waals surface area contributed by atoms with Crippen molar-refractivity contribution in [3.05, 3.63) is 48.0 Å². The van der Waals surface area contributed by atoms with Gasteiger partial charge in [0.1, 0.15) is 11.9 Å². The molecule has 0 radical (unpaired) electrons. The zero-order valence-electron chi connectivity index (χ0n) is 15.8. The van der Waals surface area contributed by atoms with Crippen molar-refractivity contribution in [3.8, 4) is 17.2 Å². The van der Waals surface area contributed by atoms with E-state index in [1.165, 1.54) is 17.9 Å². The SMILES string of the molecule is CC(=O)NCC1CN(c2ccc(-c3ccc(C4(C#N)CC4)nc3)c(F)c2)C(=O)O1. The predicted octanol–water partition coefficient (Wildman–Crippen LogP) is 2.90. The maximum absolute atomic E-state index is 14.8. The fraction of sp³-hybridized carbons (Fsp3) is 0.333. The van der Waals surface area contributed by atoms with Crippen molar-refractivity contribution in [2.75, 3.05) is 18.0 Å². The number of nitrogens with zero attached hydrogens (tertiary/aromatic N) is 3. The van der Waals surface area contributed by atoms with E-state index in [1.54, 1.807) is 30.5 Å². The Labute approximate surface area is 167 Å². The minimum absolute atomic E-state index is 0.209. The van der Waals surface area contributed by atoms with Crippen LogP contribution in [0.25, 0.3) is 11.1 Å². The number of cyclic esters (lactones) is 1. The molecule has 2 amide bonds. The highest BCUT2D eigenvalue weighted by Crippen LogP contribution is 2.46. The van der Waals surface area contributed by atoms with E-state index in [-0.39, 0.29) is 19.0 Å². The van der Waals surface area contributed by atoms with Gasteiger partial charge in [-0.05, 0) is 37.1 Å². The number of rotatable bonds is 5. The van der Waals surface area contributed by atoms with E-state index in [4.69, 9.17) is 4.74 Å². The van der Waals surface area contributed by atoms with Crippen LogP contribution in [0.3, 0.4) is 0 Å². The van der Waals surface area contributed by atoms with Crippen LogP contribution >= 0.6 is 0 Å². The van der Waals surface area contributed by atoms with Crippen LogP contribution < -0.4 is 10.2 Å². The van der Waals surface area contributed by atoms with E-state index in [0.29, 0.717) is 22.5 Å². The number of benzene rings is 1. The first-order valence-electron chi connectivity index (χ1n) is 9.32. The number of aromatic nitrogens is 1. The van der Waals surface area contributed by atoms with E-state index < -0.39 is 23.4 Å². The smallest absolute Gasteiger partial charge is 0.414 e. The molecular formula is C21H19FN4O3. The van der Waals surface area contributed by atoms with Crippen LogP contribution in [0.5, 0.6) is 0 Å². The maximum atomic E-state index is 14.8. The number of carbonyl (C=O) groups excluding carboxylic acids is 2. The van der Waals surface area contributed by atoms with Gasteiger partial charge in [-0.25, -0.2) is 9.18 Å². The van der Waals surface area contributed by atoms with Crippen LogP contribution in [-0.4, -0.2) is 36.2 Å². The van der Waals surface area contributed by atoms with Gasteiger partial charge >= 0.3 is 6.09 Å². The molecule has 2 heterocycles. The molecule has 1 aromatic heterocycles. The molecule has 1 unspecified atom stereocenters. The first kappa shape index (κ1) is 18.9. The van der Waals surface area contributed by atoms with Crippen LogP contribution in [0.2, 0.25) is 0 Å². The first-order valence-corrected chi connectivity index (χ1v) is 9.32. The highest BCUT2D eigenvalue weighted by molar-refractivity contribution is 5.90. The summed E-state index contributed by atoms with van der Waals surface area (Å²) in [6.45, 7) is 1.82. The van der Waals surface area contributed by atoms with Gasteiger partial charge in [0.25, 0.3) is 0 Å². The number of halogens is 1. The summed E-state index contributed by atoms with van der Waals surface area (Å²) in [5.74, 6) is -0.700. The van der Waals surface area contributed by atoms with Crippen molar-refractivity contribution in [3.63, 3.8) is 0 Å². The first-order chi connectivity index (χ1) is 13.9. The lowest BCUT2D eigenvalue weighted by molar-refractivity contribution is -0.119. The lowest BCUT2D eigenvalue weighted by Gasteiger charge is -2.15. The molecule has 148 valence electrons. The van der Waals surface area contributed by atoms with Gasteiger partial charge in [0.2, 0.25) is 5.91 Å². The van der Waals surface area contributed by atoms with Gasteiger partial charge in [0, 0.05) is 24.2 Å². The summed E-state index contributed by atoms with van der Waals surface area (Å²) in [5, 5.41) is 11.9. The zero-order chi connectivity index (χ0) is 20.6. The fourth-order valence-electron chi connectivity index (χ4n) is 3.39. The van der Waals surface area contributed by atoms with Crippen molar-refractivity contribution < 1.29 is 18.7 Å². The largest absolute Gasteiger partial charge is 0.442 e. The van der Waals surface area contributed by atoms with Gasteiger partial charge in [-0.15, -0.1) is 0 Å². The molecule has 8 heteroatoms. The predicted molar refractivity (Wildman–Crippen MR) is 102 cm³/mol. The topological polar surface area (TPSA) is 95.3 Å². The van der Waals surface area contributed by atoms with Gasteiger partial charge in [0.05, 0.1) is 36.0 Å². The normalized spacial score (nSPS) is 19.4. The number of amides is 2. The number of nitriles is 1. The van der Waals surface area contributed by atoms with Crippen LogP contribution in [0.15, 0.2) is 36.5 Å². The zero-order valence-corrected chi connectivity index (χ0v) is 15.8. The molecule has 29 heavy (non-hydrogen) atoms. The van der Waals surface area contributed by atoms with Gasteiger partial charge in [-0.3, -0.25) is 14.7 Å². The van der Waals surface area contributed by atoms with Crippen LogP contribution in [0.1, 0.15) is 25.5 Å². The van der Waals surface area contributed by atoms with Crippen molar-refractivity contribution in [2.45, 2.75) is 31.3 Å². The molecular weight excluding hydrogens is 375 g/mol. The molecule has 2 aromatic rings. The van der Waals surface area contributed by atoms with Crippen LogP contribution in [0.4, 0.5) is 14.9 Å². The van der Waals surface area contributed by atoms with E-state index in [0.717, 1.165) is 12.8 Å². The summed E-state index contributed by atoms with van der Waals surface area (Å²) >= 11 is 0. The summed E-state index contributed by atoms with van der Waals surface area (Å²) in [5.41, 5.74) is 1.57. The summed E-state index contributed by atoms with van der Waals surface area (Å²) < 4.78 is 20.0. The second-order valence-electron chi connectivity index (χ2n) is 7.34. The Morgan fingerprint density at radius 3 is 2.79 bits per heavy atom. The molecule has 1 saturated carbocycles. The molecule has 2 aliphatic rings. The molecule has 1 aromatic carbocycles. The van der Waals surface area contributed by atoms with Gasteiger partial charge < -0.3 is 10.1 Å². The molecule has 1 atom stereocenters. The van der Waals surface area contributed by atoms with Crippen molar-refractivity contribution in [2.24, 2.45) is 0 Å². The highest BCUT2D eigenvalue weighted by Gasteiger charge is 2.46. The highest BCUT2D eigenvalue weighted by atomic mass is 19.1. The number of hydrogen-bond donors (Lipinski definition) is 1. The molecule has 0 spiro atoms. The lowest BCUT2D eigenvalue weighted by atomic mass is 10.0. The van der Waals surface area contributed by atoms with Crippen molar-refractivity contribution in [1.29, 1.82) is 5.26 Å². The molecule has 2 fully saturated rings. The summed E-state index contributed by atoms with van der Waals surface area (Å²) in [6, 6.07) is 10.3. The third-order valence-electron chi connectivity index (χ3n) is 5.25. The second kappa shape index (κ2) is 7.17. The number of carbonyl (C=O) groups is 2. The Kier molecular flexibility index (Phi) is 4.66. The molecule has 7 nitrogen and oxygen atoms in total. The minimum atomic E-state index is -0.579. The fourth-order valence-corrected chi connectivity index (χ4v) is 3.39. The molecule has 1 aliphatic heterocycles. The van der Waals surface area contributed by atoms with Gasteiger partial charge in [0.15, 0.2) is 0 Å². The quantitative estimate of drug-likeness (QED) is 0.841. The molecule has 1 N–H and O–H groups in total. The Hall–Kier alpha value is -3.47. The molecule has 1 saturated heterocycles. The summed E-state index contributed by atoms with van der Waals surface area (Å²) in [4.78, 5) is 28.8. The van der Waals surface area contributed by atoms with E-state index in [1.807, 2.05) is 0 Å². The number of anilines is 1. The number of hydrogen-bond acceptors (Lipinski definition) is 5. The van der Waals surface area contributed by atoms with Crippen molar-refractivity contribution in [1.82, 2.24) is 10.3 Å². The van der Waals surface area contributed by atoms with Gasteiger partial charge in [-0.1, -0.05) is 6.07 Å². The Morgan fingerprint density at radius 2 is 2.21 bits per heavy atom. The molecule has 4 rings (SSSR count). The minimum Gasteiger partial charge on any atom is -0.442 e. The third-order valence-corrected chi connectivity index (χ3v) is 5.25. The van der Waals surface area contributed by atoms with Crippen LogP contribution in [-0.2, 0) is 14.9 Å². The van der Waals surface area contributed by atoms with E-state index in [9.17, 15) is 19.2 Å². The van der Waals surface area contributed by atoms with Crippen molar-refractivity contribution >= 4 is 17.7 Å². The maximum Gasteiger partial charge on any atom is 0.414 e. The average molecular weight is 394 g/mol. The summed E-state index contributed by atoms with van der Waals surface area (Å²) in [6.07, 6.45) is 2.10. The third kappa shape index (κ3) is 3.63. The Morgan fingerprint density at radius 1 is 1.41 bits per heavy atom. The van der Waals surface area contributed by atoms with E-state index >= 15 is 0 Å². The number of ether oxygens (including phenoxy) is 1. The Balaban J connectivity index is 1.50.